The maximum absolute atomic E-state index is 11.4. The van der Waals surface area contributed by atoms with Crippen molar-refractivity contribution in [1.82, 2.24) is 10.2 Å². The molecule has 0 radical (unpaired) electrons. The van der Waals surface area contributed by atoms with Crippen LogP contribution in [-0.4, -0.2) is 49.2 Å². The van der Waals surface area contributed by atoms with Crippen LogP contribution in [0.1, 0.15) is 33.1 Å². The zero-order valence-corrected chi connectivity index (χ0v) is 11.0. The number of aliphatic hydroxyl groups is 1. The molecule has 4 heteroatoms. The molecule has 1 amide bonds. The summed E-state index contributed by atoms with van der Waals surface area (Å²) in [6.07, 6.45) is 2.04. The average Bonchev–Trinajstić information content (AvgIpc) is 2.20. The van der Waals surface area contributed by atoms with Crippen LogP contribution in [0.4, 0.5) is 0 Å². The van der Waals surface area contributed by atoms with Crippen molar-refractivity contribution < 1.29 is 9.90 Å². The lowest BCUT2D eigenvalue weighted by Gasteiger charge is -2.26. The number of nitrogens with zero attached hydrogens (tertiary/aromatic N) is 1. The summed E-state index contributed by atoms with van der Waals surface area (Å²) in [7, 11) is 4.07. The molecule has 0 rings (SSSR count). The topological polar surface area (TPSA) is 52.6 Å². The number of hydrogen-bond donors (Lipinski definition) is 2. The second kappa shape index (κ2) is 8.53. The number of nitrogens with one attached hydrogen (secondary N) is 1. The van der Waals surface area contributed by atoms with E-state index in [2.05, 4.69) is 24.1 Å². The van der Waals surface area contributed by atoms with Crippen LogP contribution in [-0.2, 0) is 4.79 Å². The van der Waals surface area contributed by atoms with Gasteiger partial charge >= 0.3 is 0 Å². The molecule has 1 unspecified atom stereocenters. The smallest absolute Gasteiger partial charge is 0.220 e. The van der Waals surface area contributed by atoms with Crippen LogP contribution in [0.5, 0.6) is 0 Å². The lowest BCUT2D eigenvalue weighted by molar-refractivity contribution is -0.121. The van der Waals surface area contributed by atoms with E-state index in [0.717, 1.165) is 6.42 Å². The molecule has 0 fully saturated rings. The molecule has 0 aliphatic carbocycles. The Labute approximate surface area is 99.0 Å². The molecule has 0 bridgehead atoms. The van der Waals surface area contributed by atoms with E-state index in [1.54, 1.807) is 0 Å². The minimum Gasteiger partial charge on any atom is -0.396 e. The fourth-order valence-electron chi connectivity index (χ4n) is 1.58. The maximum Gasteiger partial charge on any atom is 0.220 e. The summed E-state index contributed by atoms with van der Waals surface area (Å²) in [5, 5.41) is 11.5. The van der Waals surface area contributed by atoms with Gasteiger partial charge in [-0.2, -0.15) is 0 Å². The van der Waals surface area contributed by atoms with E-state index in [-0.39, 0.29) is 12.5 Å². The molecule has 0 aromatic carbocycles. The minimum atomic E-state index is 0.0321. The van der Waals surface area contributed by atoms with Crippen molar-refractivity contribution in [3.63, 3.8) is 0 Å². The first-order chi connectivity index (χ1) is 7.47. The monoisotopic (exact) mass is 230 g/mol. The molecule has 0 aliphatic heterocycles. The van der Waals surface area contributed by atoms with Crippen molar-refractivity contribution in [1.29, 1.82) is 0 Å². The third-order valence-electron chi connectivity index (χ3n) is 2.57. The summed E-state index contributed by atoms with van der Waals surface area (Å²) >= 11 is 0. The van der Waals surface area contributed by atoms with Gasteiger partial charge in [-0.15, -0.1) is 0 Å². The number of amides is 1. The Kier molecular flexibility index (Phi) is 8.21. The van der Waals surface area contributed by atoms with Crippen LogP contribution < -0.4 is 5.32 Å². The molecule has 96 valence electrons. The van der Waals surface area contributed by atoms with Crippen molar-refractivity contribution in [2.45, 2.75) is 39.2 Å². The van der Waals surface area contributed by atoms with E-state index in [9.17, 15) is 4.79 Å². The van der Waals surface area contributed by atoms with Crippen LogP contribution in [0.15, 0.2) is 0 Å². The highest BCUT2D eigenvalue weighted by Gasteiger charge is 2.14. The van der Waals surface area contributed by atoms with Crippen molar-refractivity contribution in [2.24, 2.45) is 5.92 Å². The molecule has 16 heavy (non-hydrogen) atoms. The van der Waals surface area contributed by atoms with Gasteiger partial charge in [0, 0.05) is 25.6 Å². The molecule has 0 aliphatic rings. The first-order valence-electron chi connectivity index (χ1n) is 6.01. The second-order valence-corrected chi connectivity index (χ2v) is 4.88. The van der Waals surface area contributed by atoms with Gasteiger partial charge in [0.05, 0.1) is 0 Å². The number of aliphatic hydroxyl groups excluding tert-OH is 1. The Balaban J connectivity index is 3.87. The molecule has 0 saturated carbocycles. The van der Waals surface area contributed by atoms with Gasteiger partial charge in [0.1, 0.15) is 0 Å². The van der Waals surface area contributed by atoms with Crippen molar-refractivity contribution in [3.05, 3.63) is 0 Å². The molecular weight excluding hydrogens is 204 g/mol. The van der Waals surface area contributed by atoms with Crippen LogP contribution in [0.2, 0.25) is 0 Å². The summed E-state index contributed by atoms with van der Waals surface area (Å²) in [6, 6.07) is 0.387. The molecule has 0 aromatic heterocycles. The van der Waals surface area contributed by atoms with Crippen molar-refractivity contribution in [3.8, 4) is 0 Å². The quantitative estimate of drug-likeness (QED) is 0.650. The van der Waals surface area contributed by atoms with Gasteiger partial charge in [-0.05, 0) is 32.9 Å². The SMILES string of the molecule is CC(C)CC(CNC(=O)CCCO)N(C)C. The Morgan fingerprint density at radius 2 is 2.00 bits per heavy atom. The van der Waals surface area contributed by atoms with Crippen molar-refractivity contribution in [2.75, 3.05) is 27.2 Å². The molecule has 4 nitrogen and oxygen atoms in total. The molecule has 0 aromatic rings. The molecule has 0 saturated heterocycles. The second-order valence-electron chi connectivity index (χ2n) is 4.88. The highest BCUT2D eigenvalue weighted by molar-refractivity contribution is 5.75. The van der Waals surface area contributed by atoms with Gasteiger partial charge in [0.2, 0.25) is 5.91 Å². The van der Waals surface area contributed by atoms with Crippen LogP contribution in [0, 0.1) is 5.92 Å². The van der Waals surface area contributed by atoms with Crippen LogP contribution in [0.3, 0.4) is 0 Å². The number of hydrogen-bond acceptors (Lipinski definition) is 3. The Morgan fingerprint density at radius 3 is 2.44 bits per heavy atom. The normalized spacial score (nSPS) is 13.2. The highest BCUT2D eigenvalue weighted by atomic mass is 16.3. The van der Waals surface area contributed by atoms with Gasteiger partial charge in [0.25, 0.3) is 0 Å². The van der Waals surface area contributed by atoms with E-state index >= 15 is 0 Å². The van der Waals surface area contributed by atoms with E-state index in [4.69, 9.17) is 5.11 Å². The van der Waals surface area contributed by atoms with Gasteiger partial charge < -0.3 is 15.3 Å². The summed E-state index contributed by atoms with van der Waals surface area (Å²) in [5.41, 5.74) is 0. The molecule has 1 atom stereocenters. The van der Waals surface area contributed by atoms with Gasteiger partial charge in [-0.25, -0.2) is 0 Å². The lowest BCUT2D eigenvalue weighted by atomic mass is 10.0. The van der Waals surface area contributed by atoms with Crippen molar-refractivity contribution >= 4 is 5.91 Å². The predicted molar refractivity (Wildman–Crippen MR) is 66.3 cm³/mol. The Hall–Kier alpha value is -0.610. The summed E-state index contributed by atoms with van der Waals surface area (Å²) in [5.74, 6) is 0.659. The summed E-state index contributed by atoms with van der Waals surface area (Å²) < 4.78 is 0. The summed E-state index contributed by atoms with van der Waals surface area (Å²) in [6.45, 7) is 5.14. The molecular formula is C12H26N2O2. The Morgan fingerprint density at radius 1 is 1.38 bits per heavy atom. The van der Waals surface area contributed by atoms with Gasteiger partial charge in [-0.3, -0.25) is 4.79 Å². The number of carbonyl (C=O) groups is 1. The number of carbonyl (C=O) groups excluding carboxylic acids is 1. The van der Waals surface area contributed by atoms with E-state index in [1.165, 1.54) is 0 Å². The largest absolute Gasteiger partial charge is 0.396 e. The number of likely N-dealkylation sites (N-methyl/N-ethyl adjacent to an activating group) is 1. The lowest BCUT2D eigenvalue weighted by Crippen LogP contribution is -2.41. The van der Waals surface area contributed by atoms with E-state index in [0.29, 0.717) is 31.3 Å². The highest BCUT2D eigenvalue weighted by Crippen LogP contribution is 2.08. The molecule has 2 N–H and O–H groups in total. The zero-order chi connectivity index (χ0) is 12.6. The van der Waals surface area contributed by atoms with Gasteiger partial charge in [0.15, 0.2) is 0 Å². The zero-order valence-electron chi connectivity index (χ0n) is 11.0. The Bertz CT molecular complexity index is 193. The van der Waals surface area contributed by atoms with E-state index < -0.39 is 0 Å². The van der Waals surface area contributed by atoms with Crippen LogP contribution in [0.25, 0.3) is 0 Å². The summed E-state index contributed by atoms with van der Waals surface area (Å²) in [4.78, 5) is 13.5. The molecule has 0 heterocycles. The fourth-order valence-corrected chi connectivity index (χ4v) is 1.58. The maximum atomic E-state index is 11.4. The third kappa shape index (κ3) is 7.65. The fraction of sp³-hybridized carbons (Fsp3) is 0.917. The molecule has 0 spiro atoms. The average molecular weight is 230 g/mol. The van der Waals surface area contributed by atoms with Gasteiger partial charge in [-0.1, -0.05) is 13.8 Å². The first kappa shape index (κ1) is 15.4. The van der Waals surface area contributed by atoms with Crippen LogP contribution >= 0.6 is 0 Å². The predicted octanol–water partition coefficient (Wildman–Crippen LogP) is 0.851. The number of rotatable bonds is 8. The standard InChI is InChI=1S/C12H26N2O2/c1-10(2)8-11(14(3)4)9-13-12(16)6-5-7-15/h10-11,15H,5-9H2,1-4H3,(H,13,16). The van der Waals surface area contributed by atoms with E-state index in [1.807, 2.05) is 14.1 Å². The first-order valence-corrected chi connectivity index (χ1v) is 6.01. The third-order valence-corrected chi connectivity index (χ3v) is 2.57. The minimum absolute atomic E-state index is 0.0321.